The first-order valence-corrected chi connectivity index (χ1v) is 8.17. The number of hydrogen-bond acceptors (Lipinski definition) is 4. The number of fused-ring (bicyclic) bond motifs is 2. The van der Waals surface area contributed by atoms with Gasteiger partial charge in [0.25, 0.3) is 0 Å². The molecule has 0 fully saturated rings. The molecule has 0 amide bonds. The monoisotopic (exact) mass is 311 g/mol. The summed E-state index contributed by atoms with van der Waals surface area (Å²) >= 11 is 0. The van der Waals surface area contributed by atoms with E-state index in [1.807, 2.05) is 6.07 Å². The molecule has 0 saturated heterocycles. The minimum Gasteiger partial charge on any atom is -0.504 e. The molecule has 3 unspecified atom stereocenters. The highest BCUT2D eigenvalue weighted by atomic mass is 16.5. The van der Waals surface area contributed by atoms with Gasteiger partial charge in [-0.25, -0.2) is 0 Å². The highest BCUT2D eigenvalue weighted by molar-refractivity contribution is 5.66. The second kappa shape index (κ2) is 4.90. The van der Waals surface area contributed by atoms with E-state index in [-0.39, 0.29) is 29.5 Å². The van der Waals surface area contributed by atoms with Crippen LogP contribution in [0.1, 0.15) is 55.0 Å². The van der Waals surface area contributed by atoms with E-state index in [4.69, 9.17) is 4.74 Å². The van der Waals surface area contributed by atoms with Gasteiger partial charge in [-0.1, -0.05) is 25.1 Å². The maximum absolute atomic E-state index is 10.3. The van der Waals surface area contributed by atoms with E-state index in [1.54, 1.807) is 0 Å². The van der Waals surface area contributed by atoms with Crippen molar-refractivity contribution in [1.82, 2.24) is 5.32 Å². The lowest BCUT2D eigenvalue weighted by Crippen LogP contribution is -2.41. The molecule has 0 aliphatic carbocycles. The zero-order chi connectivity index (χ0) is 16.3. The van der Waals surface area contributed by atoms with Crippen LogP contribution >= 0.6 is 0 Å². The lowest BCUT2D eigenvalue weighted by atomic mass is 9.75. The number of hydrogen-bond donors (Lipinski definition) is 3. The van der Waals surface area contributed by atoms with Crippen LogP contribution in [0.5, 0.6) is 23.0 Å². The average molecular weight is 311 g/mol. The van der Waals surface area contributed by atoms with Crippen molar-refractivity contribution < 1.29 is 14.9 Å². The summed E-state index contributed by atoms with van der Waals surface area (Å²) in [5.41, 5.74) is 4.52. The Kier molecular flexibility index (Phi) is 3.07. The Bertz CT molecular complexity index is 800. The van der Waals surface area contributed by atoms with Gasteiger partial charge >= 0.3 is 0 Å². The molecule has 2 aromatic rings. The molecule has 2 aliphatic heterocycles. The van der Waals surface area contributed by atoms with E-state index < -0.39 is 0 Å². The van der Waals surface area contributed by atoms with Gasteiger partial charge < -0.3 is 20.3 Å². The third-order valence-corrected chi connectivity index (χ3v) is 5.16. The average Bonchev–Trinajstić information content (AvgIpc) is 2.54. The van der Waals surface area contributed by atoms with Crippen LogP contribution in [0.3, 0.4) is 0 Å². The Morgan fingerprint density at radius 3 is 2.52 bits per heavy atom. The van der Waals surface area contributed by atoms with Crippen LogP contribution in [0, 0.1) is 0 Å². The number of benzene rings is 2. The molecule has 3 atom stereocenters. The van der Waals surface area contributed by atoms with E-state index in [0.29, 0.717) is 5.75 Å². The van der Waals surface area contributed by atoms with Gasteiger partial charge in [0.2, 0.25) is 5.75 Å². The second-order valence-corrected chi connectivity index (χ2v) is 6.52. The largest absolute Gasteiger partial charge is 0.504 e. The third kappa shape index (κ3) is 1.88. The number of rotatable bonds is 1. The molecule has 4 nitrogen and oxygen atoms in total. The Hall–Kier alpha value is -2.20. The van der Waals surface area contributed by atoms with Gasteiger partial charge in [-0.2, -0.15) is 0 Å². The summed E-state index contributed by atoms with van der Waals surface area (Å²) in [5, 5.41) is 23.7. The summed E-state index contributed by atoms with van der Waals surface area (Å²) in [6, 6.07) is 8.16. The number of ether oxygens (including phenoxy) is 1. The van der Waals surface area contributed by atoms with Crippen LogP contribution in [0.25, 0.3) is 0 Å². The smallest absolute Gasteiger partial charge is 0.201 e. The molecule has 0 radical (unpaired) electrons. The van der Waals surface area contributed by atoms with Crippen molar-refractivity contribution in [3.63, 3.8) is 0 Å². The zero-order valence-electron chi connectivity index (χ0n) is 13.6. The Morgan fingerprint density at radius 1 is 1.04 bits per heavy atom. The number of aryl methyl sites for hydroxylation is 1. The molecule has 0 aromatic heterocycles. The first kappa shape index (κ1) is 14.4. The van der Waals surface area contributed by atoms with Crippen molar-refractivity contribution in [3.05, 3.63) is 46.5 Å². The summed E-state index contributed by atoms with van der Waals surface area (Å²) in [7, 11) is 0. The van der Waals surface area contributed by atoms with Crippen molar-refractivity contribution in [2.75, 3.05) is 0 Å². The summed E-state index contributed by atoms with van der Waals surface area (Å²) in [4.78, 5) is 0. The van der Waals surface area contributed by atoms with Gasteiger partial charge in [-0.3, -0.25) is 0 Å². The fraction of sp³-hybridized carbons (Fsp3) is 0.368. The van der Waals surface area contributed by atoms with Crippen molar-refractivity contribution in [2.24, 2.45) is 0 Å². The van der Waals surface area contributed by atoms with E-state index >= 15 is 0 Å². The molecule has 120 valence electrons. The molecular formula is C19H21NO3. The lowest BCUT2D eigenvalue weighted by molar-refractivity contribution is 0.335. The molecule has 2 aliphatic rings. The molecule has 23 heavy (non-hydrogen) atoms. The molecule has 0 spiro atoms. The maximum Gasteiger partial charge on any atom is 0.201 e. The molecular weight excluding hydrogens is 290 g/mol. The highest BCUT2D eigenvalue weighted by Crippen LogP contribution is 2.55. The first-order valence-electron chi connectivity index (χ1n) is 8.17. The van der Waals surface area contributed by atoms with Crippen LogP contribution in [-0.2, 0) is 6.42 Å². The predicted molar refractivity (Wildman–Crippen MR) is 88.5 cm³/mol. The van der Waals surface area contributed by atoms with Crippen LogP contribution < -0.4 is 10.1 Å². The number of nitrogens with one attached hydrogen (secondary N) is 1. The van der Waals surface area contributed by atoms with E-state index in [2.05, 4.69) is 38.2 Å². The highest BCUT2D eigenvalue weighted by Gasteiger charge is 2.40. The predicted octanol–water partition coefficient (Wildman–Crippen LogP) is 3.95. The van der Waals surface area contributed by atoms with Crippen molar-refractivity contribution in [3.8, 4) is 23.0 Å². The molecule has 0 saturated carbocycles. The van der Waals surface area contributed by atoms with Gasteiger partial charge in [0, 0.05) is 29.1 Å². The third-order valence-electron chi connectivity index (χ3n) is 5.16. The Morgan fingerprint density at radius 2 is 1.78 bits per heavy atom. The van der Waals surface area contributed by atoms with Gasteiger partial charge in [0.15, 0.2) is 11.5 Å². The van der Waals surface area contributed by atoms with Gasteiger partial charge in [-0.05, 0) is 37.5 Å². The normalized spacial score (nSPS) is 24.6. The summed E-state index contributed by atoms with van der Waals surface area (Å²) < 4.78 is 6.12. The Balaban J connectivity index is 2.04. The first-order chi connectivity index (χ1) is 11.0. The van der Waals surface area contributed by atoms with Crippen molar-refractivity contribution in [1.29, 1.82) is 0 Å². The fourth-order valence-electron chi connectivity index (χ4n) is 4.04. The van der Waals surface area contributed by atoms with Crippen LogP contribution in [0.15, 0.2) is 24.3 Å². The van der Waals surface area contributed by atoms with Crippen molar-refractivity contribution in [2.45, 2.75) is 45.2 Å². The van der Waals surface area contributed by atoms with Crippen LogP contribution in [-0.4, -0.2) is 16.3 Å². The molecule has 2 aromatic carbocycles. The number of phenols is 2. The Labute approximate surface area is 135 Å². The topological polar surface area (TPSA) is 61.7 Å². The quantitative estimate of drug-likeness (QED) is 0.698. The SMILES string of the molecule is CCc1ccc2c3c1Oc1c(ccc(O)c1O)C3C(C)NC2C. The number of aromatic hydroxyl groups is 2. The number of phenolic OH excluding ortho intramolecular Hbond substituents is 2. The van der Waals surface area contributed by atoms with Crippen LogP contribution in [0.2, 0.25) is 0 Å². The molecule has 0 bridgehead atoms. The fourth-order valence-corrected chi connectivity index (χ4v) is 4.04. The minimum absolute atomic E-state index is 0.109. The summed E-state index contributed by atoms with van der Waals surface area (Å²) in [6.45, 7) is 6.42. The minimum atomic E-state index is -0.175. The summed E-state index contributed by atoms with van der Waals surface area (Å²) in [5.74, 6) is 1.02. The zero-order valence-corrected chi connectivity index (χ0v) is 13.6. The van der Waals surface area contributed by atoms with Crippen molar-refractivity contribution >= 4 is 0 Å². The molecule has 4 rings (SSSR count). The van der Waals surface area contributed by atoms with E-state index in [1.165, 1.54) is 17.2 Å². The van der Waals surface area contributed by atoms with E-state index in [9.17, 15) is 10.2 Å². The van der Waals surface area contributed by atoms with Crippen LogP contribution in [0.4, 0.5) is 0 Å². The molecule has 3 N–H and O–H groups in total. The van der Waals surface area contributed by atoms with E-state index in [0.717, 1.165) is 23.3 Å². The summed E-state index contributed by atoms with van der Waals surface area (Å²) in [6.07, 6.45) is 0.862. The lowest BCUT2D eigenvalue weighted by Gasteiger charge is -2.41. The second-order valence-electron chi connectivity index (χ2n) is 6.52. The maximum atomic E-state index is 10.3. The molecule has 2 heterocycles. The standard InChI is InChI=1S/C19H21NO3/c1-4-11-5-6-12-9(2)20-10(3)15-13-7-8-14(21)17(22)19(13)23-18(11)16(12)15/h5-10,15,20-22H,4H2,1-3H3. The van der Waals surface area contributed by atoms with Gasteiger partial charge in [0.05, 0.1) is 0 Å². The molecule has 4 heteroatoms. The van der Waals surface area contributed by atoms with Gasteiger partial charge in [0.1, 0.15) is 5.75 Å². The van der Waals surface area contributed by atoms with Gasteiger partial charge in [-0.15, -0.1) is 0 Å².